The average molecular weight is 256 g/mol. The Kier molecular flexibility index (Phi) is 4.23. The van der Waals surface area contributed by atoms with Gasteiger partial charge in [0, 0.05) is 11.5 Å². The van der Waals surface area contributed by atoms with Gasteiger partial charge in [-0.3, -0.25) is 0 Å². The molecule has 1 aliphatic heterocycles. The van der Waals surface area contributed by atoms with Crippen molar-refractivity contribution in [3.05, 3.63) is 12.7 Å². The molecule has 0 radical (unpaired) electrons. The molecule has 18 heavy (non-hydrogen) atoms. The van der Waals surface area contributed by atoms with Gasteiger partial charge in [-0.15, -0.1) is 0 Å². The van der Waals surface area contributed by atoms with E-state index in [1.165, 1.54) is 0 Å². The van der Waals surface area contributed by atoms with E-state index >= 15 is 0 Å². The molecule has 1 saturated heterocycles. The number of ether oxygens (including phenoxy) is 2. The van der Waals surface area contributed by atoms with Gasteiger partial charge in [-0.2, -0.15) is 0 Å². The molecule has 104 valence electrons. The summed E-state index contributed by atoms with van der Waals surface area (Å²) < 4.78 is 10.9. The number of hydrogen-bond acceptors (Lipinski definition) is 4. The smallest absolute Gasteiger partial charge is 0.330 e. The quantitative estimate of drug-likeness (QED) is 0.585. The first-order chi connectivity index (χ1) is 8.34. The Morgan fingerprint density at radius 1 is 1.50 bits per heavy atom. The van der Waals surface area contributed by atoms with Gasteiger partial charge >= 0.3 is 5.97 Å². The van der Waals surface area contributed by atoms with Crippen molar-refractivity contribution in [2.75, 3.05) is 6.61 Å². The summed E-state index contributed by atoms with van der Waals surface area (Å²) >= 11 is 0. The molecule has 1 fully saturated rings. The highest BCUT2D eigenvalue weighted by molar-refractivity contribution is 5.81. The Hall–Kier alpha value is -0.870. The van der Waals surface area contributed by atoms with Crippen LogP contribution in [0.5, 0.6) is 0 Å². The van der Waals surface area contributed by atoms with Crippen molar-refractivity contribution < 1.29 is 19.4 Å². The summed E-state index contributed by atoms with van der Waals surface area (Å²) in [4.78, 5) is 11.5. The van der Waals surface area contributed by atoms with Crippen LogP contribution in [-0.4, -0.2) is 29.1 Å². The van der Waals surface area contributed by atoms with Crippen molar-refractivity contribution in [3.63, 3.8) is 0 Å². The molecule has 1 aliphatic rings. The summed E-state index contributed by atoms with van der Waals surface area (Å²) in [6.07, 6.45) is 3.12. The van der Waals surface area contributed by atoms with Crippen LogP contribution < -0.4 is 0 Å². The zero-order valence-corrected chi connectivity index (χ0v) is 11.8. The molecule has 1 heterocycles. The number of carbonyl (C=O) groups is 1. The predicted octanol–water partition coefficient (Wildman–Crippen LogP) is 2.41. The topological polar surface area (TPSA) is 55.8 Å². The van der Waals surface area contributed by atoms with Gasteiger partial charge in [-0.1, -0.05) is 34.3 Å². The SMILES string of the molecule is C=CC(=O)OC1(CC)COC1(O)C(C)(CC)CC. The maximum Gasteiger partial charge on any atom is 0.330 e. The first kappa shape index (κ1) is 15.2. The van der Waals surface area contributed by atoms with Gasteiger partial charge in [-0.05, 0) is 19.3 Å². The number of rotatable bonds is 6. The highest BCUT2D eigenvalue weighted by Gasteiger charge is 2.69. The van der Waals surface area contributed by atoms with Crippen molar-refractivity contribution in [1.29, 1.82) is 0 Å². The minimum Gasteiger partial charge on any atom is -0.448 e. The Morgan fingerprint density at radius 2 is 2.06 bits per heavy atom. The minimum atomic E-state index is -1.42. The van der Waals surface area contributed by atoms with Gasteiger partial charge in [0.2, 0.25) is 5.79 Å². The summed E-state index contributed by atoms with van der Waals surface area (Å²) in [5, 5.41) is 10.8. The van der Waals surface area contributed by atoms with E-state index in [0.29, 0.717) is 6.42 Å². The number of hydrogen-bond donors (Lipinski definition) is 1. The fraction of sp³-hybridized carbons (Fsp3) is 0.786. The first-order valence-corrected chi connectivity index (χ1v) is 6.56. The van der Waals surface area contributed by atoms with Gasteiger partial charge in [-0.25, -0.2) is 4.79 Å². The molecular formula is C14H24O4. The van der Waals surface area contributed by atoms with Crippen LogP contribution in [-0.2, 0) is 14.3 Å². The highest BCUT2D eigenvalue weighted by Crippen LogP contribution is 2.54. The van der Waals surface area contributed by atoms with E-state index in [4.69, 9.17) is 9.47 Å². The first-order valence-electron chi connectivity index (χ1n) is 6.56. The Bertz CT molecular complexity index is 331. The van der Waals surface area contributed by atoms with Crippen LogP contribution in [0.25, 0.3) is 0 Å². The molecule has 0 aromatic heterocycles. The lowest BCUT2D eigenvalue weighted by atomic mass is 9.65. The Morgan fingerprint density at radius 3 is 2.33 bits per heavy atom. The second-order valence-electron chi connectivity index (χ2n) is 5.17. The van der Waals surface area contributed by atoms with E-state index in [-0.39, 0.29) is 6.61 Å². The van der Waals surface area contributed by atoms with E-state index in [9.17, 15) is 9.90 Å². The molecular weight excluding hydrogens is 232 g/mol. The van der Waals surface area contributed by atoms with Crippen molar-refractivity contribution in [3.8, 4) is 0 Å². The standard InChI is InChI=1S/C14H24O4/c1-6-11(15)18-13(9-4)10-17-14(13,16)12(5,7-2)8-3/h6,16H,1,7-10H2,2-5H3. The zero-order valence-electron chi connectivity index (χ0n) is 11.8. The highest BCUT2D eigenvalue weighted by atomic mass is 16.7. The van der Waals surface area contributed by atoms with Crippen LogP contribution in [0.3, 0.4) is 0 Å². The minimum absolute atomic E-state index is 0.231. The zero-order chi connectivity index (χ0) is 14.0. The molecule has 1 N–H and O–H groups in total. The summed E-state index contributed by atoms with van der Waals surface area (Å²) in [6, 6.07) is 0. The monoisotopic (exact) mass is 256 g/mol. The average Bonchev–Trinajstić information content (AvgIpc) is 2.40. The second kappa shape index (κ2) is 5.02. The maximum atomic E-state index is 11.5. The van der Waals surface area contributed by atoms with Gasteiger partial charge in [0.15, 0.2) is 5.60 Å². The fourth-order valence-electron chi connectivity index (χ4n) is 2.57. The largest absolute Gasteiger partial charge is 0.448 e. The normalized spacial score (nSPS) is 31.6. The third-order valence-electron chi connectivity index (χ3n) is 4.54. The van der Waals surface area contributed by atoms with Gasteiger partial charge in [0.1, 0.15) is 0 Å². The van der Waals surface area contributed by atoms with Gasteiger partial charge in [0.05, 0.1) is 6.61 Å². The molecule has 0 bridgehead atoms. The molecule has 1 rings (SSSR count). The van der Waals surface area contributed by atoms with E-state index in [1.54, 1.807) is 0 Å². The lowest BCUT2D eigenvalue weighted by molar-refractivity contribution is -0.438. The predicted molar refractivity (Wildman–Crippen MR) is 68.9 cm³/mol. The van der Waals surface area contributed by atoms with Gasteiger partial charge < -0.3 is 14.6 Å². The second-order valence-corrected chi connectivity index (χ2v) is 5.17. The van der Waals surface area contributed by atoms with Crippen LogP contribution in [0.2, 0.25) is 0 Å². The molecule has 0 aromatic carbocycles. The van der Waals surface area contributed by atoms with E-state index < -0.39 is 22.8 Å². The fourth-order valence-corrected chi connectivity index (χ4v) is 2.57. The molecule has 2 atom stereocenters. The summed E-state index contributed by atoms with van der Waals surface area (Å²) in [7, 11) is 0. The molecule has 4 nitrogen and oxygen atoms in total. The van der Waals surface area contributed by atoms with E-state index in [2.05, 4.69) is 6.58 Å². The third-order valence-corrected chi connectivity index (χ3v) is 4.54. The molecule has 2 unspecified atom stereocenters. The van der Waals surface area contributed by atoms with E-state index in [0.717, 1.165) is 18.9 Å². The summed E-state index contributed by atoms with van der Waals surface area (Å²) in [5.41, 5.74) is -1.40. The van der Waals surface area contributed by atoms with Crippen molar-refractivity contribution in [2.45, 2.75) is 58.3 Å². The third kappa shape index (κ3) is 1.88. The van der Waals surface area contributed by atoms with Crippen molar-refractivity contribution >= 4 is 5.97 Å². The van der Waals surface area contributed by atoms with Crippen molar-refractivity contribution in [2.24, 2.45) is 5.41 Å². The molecule has 0 spiro atoms. The van der Waals surface area contributed by atoms with Crippen LogP contribution in [0.1, 0.15) is 47.0 Å². The summed E-state index contributed by atoms with van der Waals surface area (Å²) in [5.74, 6) is -1.94. The maximum absolute atomic E-state index is 11.5. The van der Waals surface area contributed by atoms with Crippen LogP contribution in [0.15, 0.2) is 12.7 Å². The van der Waals surface area contributed by atoms with Crippen LogP contribution in [0.4, 0.5) is 0 Å². The van der Waals surface area contributed by atoms with Gasteiger partial charge in [0.25, 0.3) is 0 Å². The molecule has 0 aliphatic carbocycles. The summed E-state index contributed by atoms with van der Waals surface area (Å²) in [6.45, 7) is 11.5. The van der Waals surface area contributed by atoms with Crippen LogP contribution >= 0.6 is 0 Å². The number of esters is 1. The lowest BCUT2D eigenvalue weighted by Gasteiger charge is -2.60. The number of carbonyl (C=O) groups excluding carboxylic acids is 1. The Labute approximate surface area is 109 Å². The van der Waals surface area contributed by atoms with Crippen LogP contribution in [0, 0.1) is 5.41 Å². The lowest BCUT2D eigenvalue weighted by Crippen LogP contribution is -2.76. The van der Waals surface area contributed by atoms with E-state index in [1.807, 2.05) is 27.7 Å². The molecule has 0 amide bonds. The van der Waals surface area contributed by atoms with Crippen molar-refractivity contribution in [1.82, 2.24) is 0 Å². The molecule has 0 saturated carbocycles. The molecule has 0 aromatic rings. The Balaban J connectivity index is 3.08. The number of aliphatic hydroxyl groups is 1. The molecule has 4 heteroatoms.